The molecule has 1 aromatic carbocycles. The third kappa shape index (κ3) is 3.48. The van der Waals surface area contributed by atoms with E-state index in [-0.39, 0.29) is 18.4 Å². The molecule has 8 heteroatoms. The van der Waals surface area contributed by atoms with Gasteiger partial charge < -0.3 is 10.2 Å². The summed E-state index contributed by atoms with van der Waals surface area (Å²) in [5.74, 6) is -0.196. The van der Waals surface area contributed by atoms with Crippen LogP contribution < -0.4 is 5.32 Å². The molecule has 1 atom stereocenters. The largest absolute Gasteiger partial charge is 0.346 e. The summed E-state index contributed by atoms with van der Waals surface area (Å²) >= 11 is 0. The van der Waals surface area contributed by atoms with E-state index >= 15 is 0 Å². The number of carbonyl (C=O) groups is 2. The molecular formula is C20H20N6O2. The van der Waals surface area contributed by atoms with E-state index in [4.69, 9.17) is 0 Å². The number of benzene rings is 1. The molecule has 0 radical (unpaired) electrons. The second kappa shape index (κ2) is 7.59. The van der Waals surface area contributed by atoms with Crippen LogP contribution in [0.2, 0.25) is 0 Å². The monoisotopic (exact) mass is 376 g/mol. The molecule has 4 rings (SSSR count). The molecule has 3 aromatic rings. The molecule has 1 unspecified atom stereocenters. The van der Waals surface area contributed by atoms with Crippen LogP contribution in [-0.2, 0) is 24.4 Å². The fraction of sp³-hybridized carbons (Fsp3) is 0.250. The number of amides is 2. The van der Waals surface area contributed by atoms with Crippen molar-refractivity contribution < 1.29 is 9.59 Å². The molecule has 3 heterocycles. The molecule has 28 heavy (non-hydrogen) atoms. The zero-order valence-corrected chi connectivity index (χ0v) is 15.4. The maximum absolute atomic E-state index is 12.7. The van der Waals surface area contributed by atoms with Gasteiger partial charge in [0.2, 0.25) is 5.91 Å². The number of pyridine rings is 1. The summed E-state index contributed by atoms with van der Waals surface area (Å²) in [4.78, 5) is 30.7. The lowest BCUT2D eigenvalue weighted by atomic mass is 10.1. The number of aromatic nitrogens is 4. The van der Waals surface area contributed by atoms with Crippen molar-refractivity contribution in [2.45, 2.75) is 32.6 Å². The zero-order chi connectivity index (χ0) is 19.5. The first kappa shape index (κ1) is 17.8. The van der Waals surface area contributed by atoms with Gasteiger partial charge in [0.05, 0.1) is 18.8 Å². The van der Waals surface area contributed by atoms with Crippen LogP contribution in [0.3, 0.4) is 0 Å². The van der Waals surface area contributed by atoms with Crippen LogP contribution in [0.5, 0.6) is 0 Å². The summed E-state index contributed by atoms with van der Waals surface area (Å²) in [6.07, 6.45) is 3.15. The van der Waals surface area contributed by atoms with E-state index in [1.54, 1.807) is 34.1 Å². The van der Waals surface area contributed by atoms with Crippen molar-refractivity contribution in [1.82, 2.24) is 30.2 Å². The molecular weight excluding hydrogens is 356 g/mol. The SMILES string of the molecule is CC1C(=O)N(Cc2ccccc2)Cc2c(CNC(=O)c3ccncc3)nnn21. The topological polar surface area (TPSA) is 93.0 Å². The van der Waals surface area contributed by atoms with Crippen LogP contribution in [0, 0.1) is 0 Å². The van der Waals surface area contributed by atoms with Gasteiger partial charge in [-0.15, -0.1) is 5.10 Å². The Hall–Kier alpha value is -3.55. The summed E-state index contributed by atoms with van der Waals surface area (Å²) in [6, 6.07) is 12.7. The van der Waals surface area contributed by atoms with E-state index in [0.29, 0.717) is 24.3 Å². The molecule has 1 aliphatic rings. The average molecular weight is 376 g/mol. The van der Waals surface area contributed by atoms with E-state index in [0.717, 1.165) is 11.3 Å². The quantitative estimate of drug-likeness (QED) is 0.732. The van der Waals surface area contributed by atoms with Gasteiger partial charge in [0.15, 0.2) is 0 Å². The molecule has 8 nitrogen and oxygen atoms in total. The molecule has 0 bridgehead atoms. The Morgan fingerprint density at radius 1 is 1.18 bits per heavy atom. The number of carbonyl (C=O) groups excluding carboxylic acids is 2. The van der Waals surface area contributed by atoms with Gasteiger partial charge in [0.1, 0.15) is 11.7 Å². The maximum Gasteiger partial charge on any atom is 0.251 e. The van der Waals surface area contributed by atoms with Gasteiger partial charge in [-0.05, 0) is 24.6 Å². The van der Waals surface area contributed by atoms with Crippen molar-refractivity contribution in [2.24, 2.45) is 0 Å². The average Bonchev–Trinajstić information content (AvgIpc) is 3.14. The molecule has 2 aromatic heterocycles. The number of hydrogen-bond donors (Lipinski definition) is 1. The van der Waals surface area contributed by atoms with E-state index in [1.165, 1.54) is 0 Å². The van der Waals surface area contributed by atoms with E-state index in [1.807, 2.05) is 37.3 Å². The summed E-state index contributed by atoms with van der Waals surface area (Å²) in [5, 5.41) is 11.2. The van der Waals surface area contributed by atoms with Crippen molar-refractivity contribution in [1.29, 1.82) is 0 Å². The van der Waals surface area contributed by atoms with Gasteiger partial charge in [-0.1, -0.05) is 35.5 Å². The minimum atomic E-state index is -0.426. The first-order chi connectivity index (χ1) is 13.6. The molecule has 1 aliphatic heterocycles. The van der Waals surface area contributed by atoms with Crippen LogP contribution >= 0.6 is 0 Å². The standard InChI is InChI=1S/C20H20N6O2/c1-14-20(28)25(12-15-5-3-2-4-6-15)13-18-17(23-24-26(14)18)11-22-19(27)16-7-9-21-10-8-16/h2-10,14H,11-13H2,1H3,(H,22,27). The van der Waals surface area contributed by atoms with Crippen LogP contribution in [0.1, 0.15) is 40.3 Å². The van der Waals surface area contributed by atoms with Crippen molar-refractivity contribution in [3.8, 4) is 0 Å². The minimum Gasteiger partial charge on any atom is -0.346 e. The fourth-order valence-electron chi connectivity index (χ4n) is 3.29. The first-order valence-corrected chi connectivity index (χ1v) is 9.07. The van der Waals surface area contributed by atoms with E-state index in [9.17, 15) is 9.59 Å². The molecule has 0 saturated carbocycles. The van der Waals surface area contributed by atoms with E-state index < -0.39 is 6.04 Å². The first-order valence-electron chi connectivity index (χ1n) is 9.07. The number of nitrogens with zero attached hydrogens (tertiary/aromatic N) is 5. The highest BCUT2D eigenvalue weighted by atomic mass is 16.2. The Bertz CT molecular complexity index is 986. The van der Waals surface area contributed by atoms with Gasteiger partial charge in [-0.3, -0.25) is 14.6 Å². The fourth-order valence-corrected chi connectivity index (χ4v) is 3.29. The van der Waals surface area contributed by atoms with Crippen LogP contribution in [0.4, 0.5) is 0 Å². The molecule has 2 amide bonds. The van der Waals surface area contributed by atoms with Crippen LogP contribution in [0.15, 0.2) is 54.9 Å². The number of nitrogens with one attached hydrogen (secondary N) is 1. The number of hydrogen-bond acceptors (Lipinski definition) is 5. The molecule has 0 spiro atoms. The molecule has 0 saturated heterocycles. The number of rotatable bonds is 5. The van der Waals surface area contributed by atoms with Gasteiger partial charge >= 0.3 is 0 Å². The van der Waals surface area contributed by atoms with Crippen molar-refractivity contribution in [3.05, 3.63) is 77.4 Å². The van der Waals surface area contributed by atoms with Gasteiger partial charge in [0.25, 0.3) is 5.91 Å². The Morgan fingerprint density at radius 3 is 2.68 bits per heavy atom. The van der Waals surface area contributed by atoms with Crippen molar-refractivity contribution >= 4 is 11.8 Å². The third-order valence-corrected chi connectivity index (χ3v) is 4.82. The van der Waals surface area contributed by atoms with Crippen LogP contribution in [-0.4, -0.2) is 36.7 Å². The normalized spacial score (nSPS) is 16.0. The van der Waals surface area contributed by atoms with Gasteiger partial charge in [-0.25, -0.2) is 4.68 Å². The lowest BCUT2D eigenvalue weighted by Gasteiger charge is -2.31. The van der Waals surface area contributed by atoms with Crippen molar-refractivity contribution in [3.63, 3.8) is 0 Å². The maximum atomic E-state index is 12.7. The predicted octanol–water partition coefficient (Wildman–Crippen LogP) is 1.71. The predicted molar refractivity (Wildman–Crippen MR) is 101 cm³/mol. The smallest absolute Gasteiger partial charge is 0.251 e. The zero-order valence-electron chi connectivity index (χ0n) is 15.4. The van der Waals surface area contributed by atoms with Gasteiger partial charge in [0, 0.05) is 24.5 Å². The molecule has 0 fully saturated rings. The summed E-state index contributed by atoms with van der Waals surface area (Å²) in [7, 11) is 0. The Labute approximate surface area is 162 Å². The summed E-state index contributed by atoms with van der Waals surface area (Å²) in [5.41, 5.74) is 3.11. The van der Waals surface area contributed by atoms with Crippen LogP contribution in [0.25, 0.3) is 0 Å². The van der Waals surface area contributed by atoms with Gasteiger partial charge in [-0.2, -0.15) is 0 Å². The minimum absolute atomic E-state index is 0.00799. The summed E-state index contributed by atoms with van der Waals surface area (Å²) < 4.78 is 1.65. The Kier molecular flexibility index (Phi) is 4.84. The second-order valence-electron chi connectivity index (χ2n) is 6.70. The second-order valence-corrected chi connectivity index (χ2v) is 6.70. The molecule has 1 N–H and O–H groups in total. The highest BCUT2D eigenvalue weighted by Crippen LogP contribution is 2.24. The molecule has 0 aliphatic carbocycles. The van der Waals surface area contributed by atoms with Crippen molar-refractivity contribution in [2.75, 3.05) is 0 Å². The Balaban J connectivity index is 1.50. The lowest BCUT2D eigenvalue weighted by molar-refractivity contribution is -0.138. The van der Waals surface area contributed by atoms with E-state index in [2.05, 4.69) is 20.6 Å². The highest BCUT2D eigenvalue weighted by Gasteiger charge is 2.33. The third-order valence-electron chi connectivity index (χ3n) is 4.82. The molecule has 142 valence electrons. The highest BCUT2D eigenvalue weighted by molar-refractivity contribution is 5.93. The Morgan fingerprint density at radius 2 is 1.93 bits per heavy atom. The summed E-state index contributed by atoms with van der Waals surface area (Å²) in [6.45, 7) is 3.00. The lowest BCUT2D eigenvalue weighted by Crippen LogP contribution is -2.41. The number of fused-ring (bicyclic) bond motifs is 1.